The van der Waals surface area contributed by atoms with Crippen molar-refractivity contribution in [1.29, 1.82) is 0 Å². The van der Waals surface area contributed by atoms with E-state index < -0.39 is 18.0 Å². The number of hydrogen-bond donors (Lipinski definition) is 2. The summed E-state index contributed by atoms with van der Waals surface area (Å²) in [5.74, 6) is -0.325. The lowest BCUT2D eigenvalue weighted by atomic mass is 9.88. The van der Waals surface area contributed by atoms with E-state index in [1.807, 2.05) is 20.8 Å². The Balaban J connectivity index is 2.36. The standard InChI is InChI=1S/C18H22F3NO4/c1-17(2,3)22(16(24)25)9-8-15(13(10-22)11-23)12-4-6-14(7-5-12)26-18(19,20)21/h4-7,23H,8-11H2,1-3H3/p+1. The van der Waals surface area contributed by atoms with Gasteiger partial charge in [0, 0.05) is 12.0 Å². The lowest BCUT2D eigenvalue weighted by molar-refractivity contribution is -0.900. The molecule has 1 unspecified atom stereocenters. The van der Waals surface area contributed by atoms with Crippen molar-refractivity contribution in [1.82, 2.24) is 0 Å². The molecule has 0 saturated carbocycles. The second-order valence-corrected chi connectivity index (χ2v) is 7.37. The predicted octanol–water partition coefficient (Wildman–Crippen LogP) is 4.03. The maximum absolute atomic E-state index is 12.3. The summed E-state index contributed by atoms with van der Waals surface area (Å²) < 4.78 is 40.4. The molecule has 1 atom stereocenters. The fourth-order valence-electron chi connectivity index (χ4n) is 3.35. The molecule has 1 aromatic rings. The molecule has 0 radical (unpaired) electrons. The van der Waals surface area contributed by atoms with Gasteiger partial charge in [0.05, 0.1) is 13.2 Å². The number of nitrogens with zero attached hydrogens (tertiary/aromatic N) is 1. The molecule has 8 heteroatoms. The third kappa shape index (κ3) is 4.02. The monoisotopic (exact) mass is 374 g/mol. The summed E-state index contributed by atoms with van der Waals surface area (Å²) in [4.78, 5) is 12.0. The SMILES string of the molecule is CC(C)(C)[N+]1(C(=O)O)CCC(c2ccc(OC(F)(F)F)cc2)=C(CO)C1. The Morgan fingerprint density at radius 1 is 1.19 bits per heavy atom. The van der Waals surface area contributed by atoms with Crippen molar-refractivity contribution in [2.75, 3.05) is 19.7 Å². The highest BCUT2D eigenvalue weighted by molar-refractivity contribution is 5.71. The van der Waals surface area contributed by atoms with Gasteiger partial charge in [-0.25, -0.2) is 4.48 Å². The van der Waals surface area contributed by atoms with Crippen LogP contribution in [0.5, 0.6) is 5.75 Å². The zero-order valence-corrected chi connectivity index (χ0v) is 14.9. The van der Waals surface area contributed by atoms with E-state index in [9.17, 15) is 28.2 Å². The number of alkyl halides is 3. The van der Waals surface area contributed by atoms with Crippen LogP contribution >= 0.6 is 0 Å². The van der Waals surface area contributed by atoms with Crippen LogP contribution in [-0.4, -0.2) is 52.4 Å². The zero-order chi connectivity index (χ0) is 19.8. The molecule has 144 valence electrons. The van der Waals surface area contributed by atoms with Gasteiger partial charge in [-0.1, -0.05) is 12.1 Å². The molecule has 1 aromatic carbocycles. The summed E-state index contributed by atoms with van der Waals surface area (Å²) in [6.45, 7) is 5.68. The maximum Gasteiger partial charge on any atom is 0.573 e. The largest absolute Gasteiger partial charge is 0.573 e. The molecule has 26 heavy (non-hydrogen) atoms. The molecule has 1 amide bonds. The maximum atomic E-state index is 12.3. The Kier molecular flexibility index (Phi) is 5.39. The first-order chi connectivity index (χ1) is 11.9. The van der Waals surface area contributed by atoms with Crippen LogP contribution in [0, 0.1) is 0 Å². The van der Waals surface area contributed by atoms with Crippen molar-refractivity contribution in [3.63, 3.8) is 0 Å². The average molecular weight is 374 g/mol. The molecule has 1 heterocycles. The van der Waals surface area contributed by atoms with Gasteiger partial charge >= 0.3 is 12.5 Å². The van der Waals surface area contributed by atoms with E-state index in [1.54, 1.807) is 0 Å². The number of ether oxygens (including phenoxy) is 1. The number of carbonyl (C=O) groups is 1. The van der Waals surface area contributed by atoms with Crippen molar-refractivity contribution in [2.45, 2.75) is 39.1 Å². The fraction of sp³-hybridized carbons (Fsp3) is 0.500. The Hall–Kier alpha value is -2.06. The van der Waals surface area contributed by atoms with Crippen LogP contribution in [-0.2, 0) is 0 Å². The minimum Gasteiger partial charge on any atom is -0.435 e. The normalized spacial score (nSPS) is 21.7. The van der Waals surface area contributed by atoms with Crippen LogP contribution in [0.15, 0.2) is 29.8 Å². The van der Waals surface area contributed by atoms with Gasteiger partial charge in [-0.2, -0.15) is 4.79 Å². The molecule has 0 saturated heterocycles. The first-order valence-electron chi connectivity index (χ1n) is 8.18. The van der Waals surface area contributed by atoms with Crippen LogP contribution in [0.3, 0.4) is 0 Å². The Morgan fingerprint density at radius 3 is 2.19 bits per heavy atom. The van der Waals surface area contributed by atoms with Crippen molar-refractivity contribution in [3.8, 4) is 5.75 Å². The van der Waals surface area contributed by atoms with Crippen molar-refractivity contribution >= 4 is 11.7 Å². The van der Waals surface area contributed by atoms with E-state index in [0.29, 0.717) is 24.1 Å². The Bertz CT molecular complexity index is 705. The summed E-state index contributed by atoms with van der Waals surface area (Å²) in [6.07, 6.45) is -5.32. The molecule has 0 fully saturated rings. The minimum absolute atomic E-state index is 0.144. The predicted molar refractivity (Wildman–Crippen MR) is 89.5 cm³/mol. The molecular weight excluding hydrogens is 351 g/mol. The summed E-state index contributed by atoms with van der Waals surface area (Å²) in [5.41, 5.74) is 1.44. The molecule has 0 aliphatic carbocycles. The molecule has 0 aromatic heterocycles. The smallest absolute Gasteiger partial charge is 0.435 e. The minimum atomic E-state index is -4.76. The third-order valence-electron chi connectivity index (χ3n) is 4.91. The summed E-state index contributed by atoms with van der Waals surface area (Å²) in [6, 6.07) is 5.40. The zero-order valence-electron chi connectivity index (χ0n) is 14.9. The number of aliphatic hydroxyl groups excluding tert-OH is 1. The lowest BCUT2D eigenvalue weighted by Gasteiger charge is -2.46. The van der Waals surface area contributed by atoms with Gasteiger partial charge in [0.1, 0.15) is 17.8 Å². The number of rotatable bonds is 3. The first-order valence-corrected chi connectivity index (χ1v) is 8.18. The highest BCUT2D eigenvalue weighted by Gasteiger charge is 2.50. The van der Waals surface area contributed by atoms with Crippen LogP contribution in [0.4, 0.5) is 18.0 Å². The van der Waals surface area contributed by atoms with Gasteiger partial charge in [0.25, 0.3) is 0 Å². The molecule has 1 aliphatic rings. The number of halogens is 3. The number of hydrogen-bond acceptors (Lipinski definition) is 3. The number of benzene rings is 1. The molecule has 0 spiro atoms. The highest BCUT2D eigenvalue weighted by atomic mass is 19.4. The fourth-order valence-corrected chi connectivity index (χ4v) is 3.35. The van der Waals surface area contributed by atoms with Gasteiger partial charge in [0.15, 0.2) is 0 Å². The summed E-state index contributed by atoms with van der Waals surface area (Å²) in [5, 5.41) is 19.6. The Morgan fingerprint density at radius 2 is 1.77 bits per heavy atom. The van der Waals surface area contributed by atoms with Crippen LogP contribution in [0.2, 0.25) is 0 Å². The number of quaternary nitrogens is 1. The van der Waals surface area contributed by atoms with E-state index in [0.717, 1.165) is 5.57 Å². The van der Waals surface area contributed by atoms with Crippen molar-refractivity contribution in [3.05, 3.63) is 35.4 Å². The molecule has 5 nitrogen and oxygen atoms in total. The van der Waals surface area contributed by atoms with E-state index >= 15 is 0 Å². The second-order valence-electron chi connectivity index (χ2n) is 7.37. The van der Waals surface area contributed by atoms with Gasteiger partial charge in [-0.15, -0.1) is 13.2 Å². The van der Waals surface area contributed by atoms with E-state index in [-0.39, 0.29) is 23.4 Å². The summed E-state index contributed by atoms with van der Waals surface area (Å²) in [7, 11) is 0. The number of carboxylic acid groups (broad SMARTS) is 1. The molecule has 0 bridgehead atoms. The second kappa shape index (κ2) is 6.92. The molecule has 1 aliphatic heterocycles. The van der Waals surface area contributed by atoms with E-state index in [2.05, 4.69) is 4.74 Å². The quantitative estimate of drug-likeness (QED) is 0.784. The molecular formula is C18H23F3NO4+. The van der Waals surface area contributed by atoms with Gasteiger partial charge in [-0.3, -0.25) is 0 Å². The number of amides is 1. The van der Waals surface area contributed by atoms with Gasteiger partial charge < -0.3 is 14.9 Å². The average Bonchev–Trinajstić information content (AvgIpc) is 2.52. The van der Waals surface area contributed by atoms with Crippen LogP contribution in [0.25, 0.3) is 5.57 Å². The Labute approximate surface area is 149 Å². The van der Waals surface area contributed by atoms with Crippen LogP contribution in [0.1, 0.15) is 32.8 Å². The lowest BCUT2D eigenvalue weighted by Crippen LogP contribution is -2.65. The van der Waals surface area contributed by atoms with E-state index in [4.69, 9.17) is 0 Å². The first kappa shape index (κ1) is 20.3. The summed E-state index contributed by atoms with van der Waals surface area (Å²) >= 11 is 0. The molecule has 2 rings (SSSR count). The third-order valence-corrected chi connectivity index (χ3v) is 4.91. The highest BCUT2D eigenvalue weighted by Crippen LogP contribution is 2.37. The van der Waals surface area contributed by atoms with E-state index in [1.165, 1.54) is 24.3 Å². The van der Waals surface area contributed by atoms with Gasteiger partial charge in [-0.05, 0) is 44.0 Å². The van der Waals surface area contributed by atoms with Crippen molar-refractivity contribution in [2.24, 2.45) is 0 Å². The molecule has 2 N–H and O–H groups in total. The van der Waals surface area contributed by atoms with Crippen molar-refractivity contribution < 1.29 is 37.4 Å². The topological polar surface area (TPSA) is 66.8 Å². The number of aliphatic hydroxyl groups is 1. The van der Waals surface area contributed by atoms with Crippen LogP contribution < -0.4 is 4.74 Å². The van der Waals surface area contributed by atoms with Gasteiger partial charge in [0.2, 0.25) is 0 Å².